The van der Waals surface area contributed by atoms with Crippen LogP contribution in [0.2, 0.25) is 0 Å². The molecule has 208 valence electrons. The zero-order chi connectivity index (χ0) is 27.0. The summed E-state index contributed by atoms with van der Waals surface area (Å²) in [6.45, 7) is 8.20. The smallest absolute Gasteiger partial charge is 0.116 e. The predicted octanol–water partition coefficient (Wildman–Crippen LogP) is 8.73. The fourth-order valence-electron chi connectivity index (χ4n) is 8.19. The Labute approximate surface area is 243 Å². The van der Waals surface area contributed by atoms with E-state index in [9.17, 15) is 5.11 Å². The summed E-state index contributed by atoms with van der Waals surface area (Å²) in [6, 6.07) is 15.6. The van der Waals surface area contributed by atoms with Gasteiger partial charge in [-0.15, -0.1) is 0 Å². The average molecular weight is 560 g/mol. The van der Waals surface area contributed by atoms with Gasteiger partial charge >= 0.3 is 0 Å². The third kappa shape index (κ3) is 5.90. The van der Waals surface area contributed by atoms with E-state index in [-0.39, 0.29) is 10.8 Å². The Bertz CT molecular complexity index is 1240. The molecule has 2 aromatic carbocycles. The summed E-state index contributed by atoms with van der Waals surface area (Å²) < 4.78 is 0. The lowest BCUT2D eigenvalue weighted by atomic mass is 9.48. The molecule has 0 radical (unpaired) electrons. The first-order chi connectivity index (χ1) is 18.8. The monoisotopic (exact) mass is 559 g/mol. The molecule has 7 atom stereocenters. The molecule has 2 aromatic rings. The normalized spacial score (nSPS) is 36.7. The van der Waals surface area contributed by atoms with Gasteiger partial charge < -0.3 is 10.4 Å². The number of hydrogen-bond acceptors (Lipinski definition) is 4. The van der Waals surface area contributed by atoms with Crippen LogP contribution in [-0.4, -0.2) is 22.2 Å². The Morgan fingerprint density at radius 2 is 1.79 bits per heavy atom. The van der Waals surface area contributed by atoms with Crippen LogP contribution < -0.4 is 5.32 Å². The first-order valence-corrected chi connectivity index (χ1v) is 17.5. The van der Waals surface area contributed by atoms with Crippen LogP contribution in [0.25, 0.3) is 0 Å². The number of phenols is 1. The van der Waals surface area contributed by atoms with Gasteiger partial charge in [0.1, 0.15) is 5.75 Å². The molecule has 2 nitrogen and oxygen atoms in total. The van der Waals surface area contributed by atoms with E-state index in [1.165, 1.54) is 54.4 Å². The Kier molecular flexibility index (Phi) is 8.01. The maximum absolute atomic E-state index is 10.8. The van der Waals surface area contributed by atoms with Crippen LogP contribution in [0.15, 0.2) is 66.8 Å². The molecule has 4 aliphatic rings. The number of allylic oxidation sites excluding steroid dienone is 3. The SMILES string of the molecule is C[C@@H]1CC=C[C@](C)([C@@]23C=C[C@H]4SSC[C@@H](C)NCc5ccccc5Cc5cc(O)cc(c5)C[C@H](C[C@@H]4C2)C3)C1. The molecule has 5 bridgehead atoms. The summed E-state index contributed by atoms with van der Waals surface area (Å²) in [6.07, 6.45) is 18.7. The van der Waals surface area contributed by atoms with Crippen molar-refractivity contribution in [2.75, 3.05) is 5.75 Å². The molecule has 39 heavy (non-hydrogen) atoms. The average Bonchev–Trinajstić information content (AvgIpc) is 2.88. The molecule has 6 rings (SSSR count). The second-order valence-electron chi connectivity index (χ2n) is 13.4. The van der Waals surface area contributed by atoms with E-state index in [4.69, 9.17) is 0 Å². The number of nitrogens with one attached hydrogen (secondary N) is 1. The maximum atomic E-state index is 10.8. The maximum Gasteiger partial charge on any atom is 0.116 e. The van der Waals surface area contributed by atoms with Gasteiger partial charge in [0.15, 0.2) is 0 Å². The number of hydrogen-bond donors (Lipinski definition) is 2. The lowest BCUT2D eigenvalue weighted by Gasteiger charge is -2.57. The molecule has 1 heterocycles. The molecule has 0 aromatic heterocycles. The van der Waals surface area contributed by atoms with Gasteiger partial charge in [0, 0.05) is 23.6 Å². The van der Waals surface area contributed by atoms with Crippen LogP contribution in [0.3, 0.4) is 0 Å². The van der Waals surface area contributed by atoms with Crippen LogP contribution in [-0.2, 0) is 19.4 Å². The van der Waals surface area contributed by atoms with Crippen LogP contribution in [0.4, 0.5) is 0 Å². The molecule has 4 heteroatoms. The summed E-state index contributed by atoms with van der Waals surface area (Å²) in [4.78, 5) is 0. The fourth-order valence-corrected chi connectivity index (χ4v) is 11.2. The van der Waals surface area contributed by atoms with E-state index in [0.29, 0.717) is 28.9 Å². The second kappa shape index (κ2) is 11.3. The Morgan fingerprint density at radius 1 is 0.974 bits per heavy atom. The molecule has 0 unspecified atom stereocenters. The van der Waals surface area contributed by atoms with Crippen molar-refractivity contribution < 1.29 is 5.11 Å². The minimum Gasteiger partial charge on any atom is -0.508 e. The zero-order valence-electron chi connectivity index (χ0n) is 23.9. The Hall–Kier alpha value is -1.62. The van der Waals surface area contributed by atoms with Crippen molar-refractivity contribution >= 4 is 21.6 Å². The van der Waals surface area contributed by atoms with Crippen molar-refractivity contribution in [3.8, 4) is 5.75 Å². The van der Waals surface area contributed by atoms with E-state index in [1.807, 2.05) is 12.1 Å². The van der Waals surface area contributed by atoms with Gasteiger partial charge in [-0.05, 0) is 115 Å². The number of aromatic hydroxyl groups is 1. The summed E-state index contributed by atoms with van der Waals surface area (Å²) in [5, 5.41) is 15.2. The van der Waals surface area contributed by atoms with E-state index < -0.39 is 0 Å². The highest BCUT2D eigenvalue weighted by Crippen LogP contribution is 2.62. The van der Waals surface area contributed by atoms with Crippen molar-refractivity contribution in [2.24, 2.45) is 28.6 Å². The van der Waals surface area contributed by atoms with Crippen molar-refractivity contribution in [3.05, 3.63) is 89.0 Å². The van der Waals surface area contributed by atoms with E-state index in [0.717, 1.165) is 31.1 Å². The minimum absolute atomic E-state index is 0.228. The molecule has 2 N–H and O–H groups in total. The molecule has 0 saturated heterocycles. The van der Waals surface area contributed by atoms with Crippen LogP contribution in [0, 0.1) is 28.6 Å². The number of benzene rings is 2. The van der Waals surface area contributed by atoms with E-state index in [1.54, 1.807) is 0 Å². The first kappa shape index (κ1) is 27.5. The van der Waals surface area contributed by atoms with Gasteiger partial charge in [-0.25, -0.2) is 0 Å². The predicted molar refractivity (Wildman–Crippen MR) is 169 cm³/mol. The van der Waals surface area contributed by atoms with E-state index in [2.05, 4.69) is 102 Å². The number of rotatable bonds is 1. The van der Waals surface area contributed by atoms with Crippen molar-refractivity contribution in [1.29, 1.82) is 0 Å². The highest BCUT2D eigenvalue weighted by Gasteiger charge is 2.53. The Morgan fingerprint density at radius 3 is 2.64 bits per heavy atom. The molecule has 3 aliphatic carbocycles. The number of fused-ring (bicyclic) bond motifs is 5. The van der Waals surface area contributed by atoms with Crippen LogP contribution in [0.5, 0.6) is 5.75 Å². The van der Waals surface area contributed by atoms with Gasteiger partial charge in [-0.2, -0.15) is 0 Å². The van der Waals surface area contributed by atoms with Crippen molar-refractivity contribution in [3.63, 3.8) is 0 Å². The van der Waals surface area contributed by atoms with Gasteiger partial charge in [0.2, 0.25) is 0 Å². The number of phenolic OH excluding ortho intramolecular Hbond substituents is 1. The highest BCUT2D eigenvalue weighted by atomic mass is 33.1. The van der Waals surface area contributed by atoms with Crippen LogP contribution in [0.1, 0.15) is 75.1 Å². The molecular formula is C35H45NOS2. The van der Waals surface area contributed by atoms with Gasteiger partial charge in [0.05, 0.1) is 0 Å². The zero-order valence-corrected chi connectivity index (χ0v) is 25.5. The second-order valence-corrected chi connectivity index (χ2v) is 16.0. The standard InChI is InChI=1S/C35H45NOS2/c1-24-7-6-11-34(3,19-24)35-12-10-33-31(21-35)16-28(20-35)14-26-13-27(18-32(37)17-26)15-29-8-4-5-9-30(29)22-36-25(2)23-38-39-33/h4-6,8-13,17-18,24-25,28,31,33,36-37H,7,14-16,19-23H2,1-3H3/t24-,25-,28-,31-,33-,34+,35-/m1/s1. The summed E-state index contributed by atoms with van der Waals surface area (Å²) in [7, 11) is 4.18. The van der Waals surface area contributed by atoms with Crippen molar-refractivity contribution in [1.82, 2.24) is 5.32 Å². The van der Waals surface area contributed by atoms with Gasteiger partial charge in [0.25, 0.3) is 0 Å². The van der Waals surface area contributed by atoms with Gasteiger partial charge in [-0.1, -0.05) is 90.1 Å². The largest absolute Gasteiger partial charge is 0.508 e. The molecule has 1 fully saturated rings. The molecule has 0 amide bonds. The topological polar surface area (TPSA) is 32.3 Å². The lowest BCUT2D eigenvalue weighted by molar-refractivity contribution is 0.0154. The quantitative estimate of drug-likeness (QED) is 0.270. The molecular weight excluding hydrogens is 515 g/mol. The summed E-state index contributed by atoms with van der Waals surface area (Å²) >= 11 is 0. The minimum atomic E-state index is 0.228. The van der Waals surface area contributed by atoms with Gasteiger partial charge in [-0.3, -0.25) is 0 Å². The summed E-state index contributed by atoms with van der Waals surface area (Å²) in [5.41, 5.74) is 5.71. The third-order valence-electron chi connectivity index (χ3n) is 10.1. The first-order valence-electron chi connectivity index (χ1n) is 15.1. The third-order valence-corrected chi connectivity index (χ3v) is 13.2. The Balaban J connectivity index is 1.36. The molecule has 1 saturated carbocycles. The van der Waals surface area contributed by atoms with E-state index >= 15 is 0 Å². The summed E-state index contributed by atoms with van der Waals surface area (Å²) in [5.74, 6) is 3.64. The highest BCUT2D eigenvalue weighted by molar-refractivity contribution is 8.77. The van der Waals surface area contributed by atoms with Crippen molar-refractivity contribution in [2.45, 2.75) is 83.6 Å². The fraction of sp³-hybridized carbons (Fsp3) is 0.543. The molecule has 0 spiro atoms. The lowest BCUT2D eigenvalue weighted by Crippen LogP contribution is -2.49. The van der Waals surface area contributed by atoms with Crippen LogP contribution >= 0.6 is 21.6 Å². The molecule has 1 aliphatic heterocycles.